The fourth-order valence-corrected chi connectivity index (χ4v) is 2.28. The standard InChI is InChI=1S/C12H13BrN2O2/c1-17-6-2-5-15-11-7-9(8-16)3-4-10(11)12(13)14-15/h3-4,7-8H,2,5-6H2,1H3. The molecule has 0 aliphatic carbocycles. The summed E-state index contributed by atoms with van der Waals surface area (Å²) in [5, 5.41) is 5.42. The summed E-state index contributed by atoms with van der Waals surface area (Å²) in [6.07, 6.45) is 1.74. The molecule has 1 aromatic carbocycles. The molecule has 0 radical (unpaired) electrons. The number of ether oxygens (including phenoxy) is 1. The highest BCUT2D eigenvalue weighted by Gasteiger charge is 2.08. The van der Waals surface area contributed by atoms with Crippen LogP contribution < -0.4 is 0 Å². The number of hydrogen-bond donors (Lipinski definition) is 0. The molecule has 1 heterocycles. The predicted octanol–water partition coefficient (Wildman–Crippen LogP) is 2.65. The maximum Gasteiger partial charge on any atom is 0.150 e. The minimum Gasteiger partial charge on any atom is -0.385 e. The quantitative estimate of drug-likeness (QED) is 0.629. The van der Waals surface area contributed by atoms with Crippen molar-refractivity contribution in [2.45, 2.75) is 13.0 Å². The van der Waals surface area contributed by atoms with Gasteiger partial charge in [0.2, 0.25) is 0 Å². The van der Waals surface area contributed by atoms with E-state index in [0.29, 0.717) is 12.2 Å². The van der Waals surface area contributed by atoms with Crippen molar-refractivity contribution in [1.29, 1.82) is 0 Å². The van der Waals surface area contributed by atoms with E-state index in [9.17, 15) is 4.79 Å². The predicted molar refractivity (Wildman–Crippen MR) is 69.3 cm³/mol. The first-order chi connectivity index (χ1) is 8.26. The Morgan fingerprint density at radius 3 is 3.06 bits per heavy atom. The topological polar surface area (TPSA) is 44.1 Å². The number of fused-ring (bicyclic) bond motifs is 1. The van der Waals surface area contributed by atoms with Crippen LogP contribution in [-0.2, 0) is 11.3 Å². The molecule has 0 aliphatic rings. The molecule has 0 bridgehead atoms. The number of nitrogens with zero attached hydrogens (tertiary/aromatic N) is 2. The number of aromatic nitrogens is 2. The fourth-order valence-electron chi connectivity index (χ4n) is 1.75. The first-order valence-electron chi connectivity index (χ1n) is 5.36. The summed E-state index contributed by atoms with van der Waals surface area (Å²) in [5.74, 6) is 0. The lowest BCUT2D eigenvalue weighted by Crippen LogP contribution is -2.03. The molecule has 1 aromatic heterocycles. The lowest BCUT2D eigenvalue weighted by atomic mass is 10.2. The number of rotatable bonds is 5. The van der Waals surface area contributed by atoms with Gasteiger partial charge in [0, 0.05) is 31.2 Å². The molecule has 17 heavy (non-hydrogen) atoms. The van der Waals surface area contributed by atoms with Crippen molar-refractivity contribution in [2.75, 3.05) is 13.7 Å². The zero-order chi connectivity index (χ0) is 12.3. The van der Waals surface area contributed by atoms with E-state index >= 15 is 0 Å². The summed E-state index contributed by atoms with van der Waals surface area (Å²) < 4.78 is 7.72. The second kappa shape index (κ2) is 5.42. The average molecular weight is 297 g/mol. The van der Waals surface area contributed by atoms with E-state index in [0.717, 1.165) is 34.8 Å². The van der Waals surface area contributed by atoms with Crippen molar-refractivity contribution in [3.05, 3.63) is 28.4 Å². The third-order valence-corrected chi connectivity index (χ3v) is 3.17. The van der Waals surface area contributed by atoms with E-state index in [-0.39, 0.29) is 0 Å². The Labute approximate surface area is 108 Å². The SMILES string of the molecule is COCCCn1nc(Br)c2ccc(C=O)cc21. The van der Waals surface area contributed by atoms with Crippen LogP contribution in [0, 0.1) is 0 Å². The minimum absolute atomic E-state index is 0.665. The van der Waals surface area contributed by atoms with Gasteiger partial charge in [0.25, 0.3) is 0 Å². The molecule has 0 amide bonds. The van der Waals surface area contributed by atoms with E-state index in [1.165, 1.54) is 0 Å². The van der Waals surface area contributed by atoms with Gasteiger partial charge in [0.1, 0.15) is 10.9 Å². The van der Waals surface area contributed by atoms with Crippen molar-refractivity contribution in [3.8, 4) is 0 Å². The number of aldehydes is 1. The summed E-state index contributed by atoms with van der Waals surface area (Å²) in [6.45, 7) is 1.48. The van der Waals surface area contributed by atoms with Crippen LogP contribution in [0.25, 0.3) is 10.9 Å². The molecule has 4 nitrogen and oxygen atoms in total. The van der Waals surface area contributed by atoms with Crippen molar-refractivity contribution in [3.63, 3.8) is 0 Å². The van der Waals surface area contributed by atoms with Crippen LogP contribution in [0.15, 0.2) is 22.8 Å². The second-order valence-electron chi connectivity index (χ2n) is 3.75. The molecule has 2 rings (SSSR count). The molecule has 0 spiro atoms. The lowest BCUT2D eigenvalue weighted by molar-refractivity contribution is 0.112. The van der Waals surface area contributed by atoms with Gasteiger partial charge in [-0.05, 0) is 34.5 Å². The molecular formula is C12H13BrN2O2. The Bertz CT molecular complexity index is 537. The third-order valence-electron chi connectivity index (χ3n) is 2.59. The zero-order valence-corrected chi connectivity index (χ0v) is 11.1. The maximum atomic E-state index is 10.8. The Morgan fingerprint density at radius 2 is 2.35 bits per heavy atom. The number of hydrogen-bond acceptors (Lipinski definition) is 3. The number of benzene rings is 1. The summed E-state index contributed by atoms with van der Waals surface area (Å²) in [7, 11) is 1.68. The van der Waals surface area contributed by atoms with Gasteiger partial charge >= 0.3 is 0 Å². The highest BCUT2D eigenvalue weighted by atomic mass is 79.9. The van der Waals surface area contributed by atoms with Crippen LogP contribution in [0.2, 0.25) is 0 Å². The van der Waals surface area contributed by atoms with Crippen LogP contribution in [0.1, 0.15) is 16.8 Å². The molecule has 0 saturated carbocycles. The van der Waals surface area contributed by atoms with E-state index in [2.05, 4.69) is 21.0 Å². The van der Waals surface area contributed by atoms with Gasteiger partial charge in [-0.25, -0.2) is 0 Å². The van der Waals surface area contributed by atoms with Gasteiger partial charge < -0.3 is 4.74 Å². The van der Waals surface area contributed by atoms with Crippen LogP contribution >= 0.6 is 15.9 Å². The van der Waals surface area contributed by atoms with Crippen LogP contribution in [0.5, 0.6) is 0 Å². The van der Waals surface area contributed by atoms with Crippen LogP contribution in [0.3, 0.4) is 0 Å². The number of carbonyl (C=O) groups excluding carboxylic acids is 1. The van der Waals surface area contributed by atoms with Crippen LogP contribution in [-0.4, -0.2) is 29.8 Å². The summed E-state index contributed by atoms with van der Waals surface area (Å²) >= 11 is 3.42. The molecule has 2 aromatic rings. The zero-order valence-electron chi connectivity index (χ0n) is 9.52. The highest BCUT2D eigenvalue weighted by Crippen LogP contribution is 2.24. The highest BCUT2D eigenvalue weighted by molar-refractivity contribution is 9.10. The Balaban J connectivity index is 2.37. The van der Waals surface area contributed by atoms with Gasteiger partial charge in [0.15, 0.2) is 0 Å². The van der Waals surface area contributed by atoms with Crippen molar-refractivity contribution in [1.82, 2.24) is 9.78 Å². The fraction of sp³-hybridized carbons (Fsp3) is 0.333. The molecule has 0 atom stereocenters. The van der Waals surface area contributed by atoms with Gasteiger partial charge in [-0.1, -0.05) is 6.07 Å². The first-order valence-corrected chi connectivity index (χ1v) is 6.15. The van der Waals surface area contributed by atoms with Gasteiger partial charge in [-0.2, -0.15) is 5.10 Å². The Kier molecular flexibility index (Phi) is 3.91. The molecule has 0 unspecified atom stereocenters. The number of methoxy groups -OCH3 is 1. The van der Waals surface area contributed by atoms with Crippen molar-refractivity contribution in [2.24, 2.45) is 0 Å². The van der Waals surface area contributed by atoms with E-state index in [1.807, 2.05) is 16.8 Å². The Morgan fingerprint density at radius 1 is 1.53 bits per heavy atom. The van der Waals surface area contributed by atoms with E-state index in [4.69, 9.17) is 4.74 Å². The molecule has 0 saturated heterocycles. The van der Waals surface area contributed by atoms with E-state index in [1.54, 1.807) is 13.2 Å². The normalized spacial score (nSPS) is 10.9. The second-order valence-corrected chi connectivity index (χ2v) is 4.51. The smallest absolute Gasteiger partial charge is 0.150 e. The third kappa shape index (κ3) is 2.56. The molecule has 0 N–H and O–H groups in total. The van der Waals surface area contributed by atoms with Gasteiger partial charge in [0.05, 0.1) is 5.52 Å². The summed E-state index contributed by atoms with van der Waals surface area (Å²) in [6, 6.07) is 5.55. The van der Waals surface area contributed by atoms with Gasteiger partial charge in [-0.15, -0.1) is 0 Å². The van der Waals surface area contributed by atoms with Gasteiger partial charge in [-0.3, -0.25) is 9.48 Å². The molecule has 90 valence electrons. The molecular weight excluding hydrogens is 284 g/mol. The number of halogens is 1. The van der Waals surface area contributed by atoms with Crippen LogP contribution in [0.4, 0.5) is 0 Å². The first kappa shape index (κ1) is 12.3. The largest absolute Gasteiger partial charge is 0.385 e. The van der Waals surface area contributed by atoms with Crippen molar-refractivity contribution >= 4 is 33.1 Å². The average Bonchev–Trinajstić information content (AvgIpc) is 2.66. The number of carbonyl (C=O) groups is 1. The number of aryl methyl sites for hydroxylation is 1. The Hall–Kier alpha value is -1.20. The van der Waals surface area contributed by atoms with Crippen molar-refractivity contribution < 1.29 is 9.53 Å². The van der Waals surface area contributed by atoms with E-state index < -0.39 is 0 Å². The summed E-state index contributed by atoms with van der Waals surface area (Å²) in [4.78, 5) is 10.8. The summed E-state index contributed by atoms with van der Waals surface area (Å²) in [5.41, 5.74) is 1.63. The monoisotopic (exact) mass is 296 g/mol. The minimum atomic E-state index is 0.665. The maximum absolute atomic E-state index is 10.8. The molecule has 5 heteroatoms. The molecule has 0 aliphatic heterocycles. The molecule has 0 fully saturated rings. The lowest BCUT2D eigenvalue weighted by Gasteiger charge is -2.03.